The van der Waals surface area contributed by atoms with Crippen molar-refractivity contribution in [1.29, 1.82) is 0 Å². The lowest BCUT2D eigenvalue weighted by Crippen LogP contribution is -2.22. The third kappa shape index (κ3) is 4.32. The summed E-state index contributed by atoms with van der Waals surface area (Å²) in [4.78, 5) is 28.3. The van der Waals surface area contributed by atoms with Gasteiger partial charge in [-0.15, -0.1) is 0 Å². The van der Waals surface area contributed by atoms with Crippen molar-refractivity contribution in [3.8, 4) is 5.82 Å². The van der Waals surface area contributed by atoms with Gasteiger partial charge in [0.25, 0.3) is 5.91 Å². The van der Waals surface area contributed by atoms with Gasteiger partial charge in [0.05, 0.1) is 10.7 Å². The molecular weight excluding hydrogens is 374 g/mol. The molecule has 3 rings (SSSR count). The Morgan fingerprint density at radius 2 is 2.04 bits per heavy atom. The lowest BCUT2D eigenvalue weighted by Gasteiger charge is -2.08. The van der Waals surface area contributed by atoms with Crippen LogP contribution in [0.1, 0.15) is 27.6 Å². The van der Waals surface area contributed by atoms with E-state index in [1.54, 1.807) is 17.7 Å². The molecule has 3 heterocycles. The number of pyridine rings is 1. The number of halogens is 1. The van der Waals surface area contributed by atoms with Crippen LogP contribution in [0.15, 0.2) is 28.8 Å². The van der Waals surface area contributed by atoms with Crippen LogP contribution in [0, 0.1) is 20.8 Å². The van der Waals surface area contributed by atoms with Gasteiger partial charge in [0.1, 0.15) is 5.76 Å². The van der Waals surface area contributed by atoms with Crippen molar-refractivity contribution in [2.24, 2.45) is 0 Å². The van der Waals surface area contributed by atoms with Crippen LogP contribution in [0.5, 0.6) is 0 Å². The van der Waals surface area contributed by atoms with Gasteiger partial charge in [-0.3, -0.25) is 4.79 Å². The molecule has 0 radical (unpaired) electrons. The summed E-state index contributed by atoms with van der Waals surface area (Å²) in [5.41, 5.74) is 1.56. The van der Waals surface area contributed by atoms with Gasteiger partial charge in [0.2, 0.25) is 0 Å². The summed E-state index contributed by atoms with van der Waals surface area (Å²) < 4.78 is 11.4. The van der Waals surface area contributed by atoms with Crippen molar-refractivity contribution in [2.45, 2.75) is 20.8 Å². The maximum absolute atomic E-state index is 12.3. The van der Waals surface area contributed by atoms with E-state index in [1.165, 1.54) is 12.1 Å². The Labute approximate surface area is 159 Å². The fourth-order valence-corrected chi connectivity index (χ4v) is 2.54. The van der Waals surface area contributed by atoms with Crippen LogP contribution in [0.4, 0.5) is 5.82 Å². The molecule has 0 aliphatic heterocycles. The summed E-state index contributed by atoms with van der Waals surface area (Å²) in [6, 6.07) is 6.58. The van der Waals surface area contributed by atoms with Crippen LogP contribution < -0.4 is 5.32 Å². The monoisotopic (exact) mass is 389 g/mol. The number of aryl methyl sites for hydroxylation is 3. The molecule has 0 aliphatic rings. The highest BCUT2D eigenvalue weighted by atomic mass is 35.5. The summed E-state index contributed by atoms with van der Waals surface area (Å²) in [6.45, 7) is 4.88. The van der Waals surface area contributed by atoms with Crippen molar-refractivity contribution in [3.05, 3.63) is 52.1 Å². The highest BCUT2D eigenvalue weighted by Gasteiger charge is 2.18. The zero-order valence-corrected chi connectivity index (χ0v) is 15.6. The van der Waals surface area contributed by atoms with Gasteiger partial charge in [0.15, 0.2) is 23.9 Å². The smallest absolute Gasteiger partial charge is 0.359 e. The molecule has 0 saturated carbocycles. The van der Waals surface area contributed by atoms with Gasteiger partial charge in [-0.05, 0) is 39.0 Å². The van der Waals surface area contributed by atoms with Crippen molar-refractivity contribution in [1.82, 2.24) is 19.9 Å². The third-order valence-electron chi connectivity index (χ3n) is 3.48. The van der Waals surface area contributed by atoms with E-state index in [-0.39, 0.29) is 16.5 Å². The molecule has 0 fully saturated rings. The number of amides is 1. The molecule has 0 unspecified atom stereocenters. The Morgan fingerprint density at radius 1 is 1.26 bits per heavy atom. The maximum atomic E-state index is 12.3. The average Bonchev–Trinajstić information content (AvgIpc) is 3.17. The summed E-state index contributed by atoms with van der Waals surface area (Å²) in [5, 5.41) is 10.5. The number of nitrogens with one attached hydrogen (secondary N) is 1. The molecule has 0 bridgehead atoms. The minimum absolute atomic E-state index is 0.105. The van der Waals surface area contributed by atoms with E-state index in [2.05, 4.69) is 20.6 Å². The second-order valence-electron chi connectivity index (χ2n) is 5.79. The van der Waals surface area contributed by atoms with Crippen molar-refractivity contribution < 1.29 is 18.8 Å². The molecule has 0 spiro atoms. The molecule has 0 aromatic carbocycles. The first-order valence-electron chi connectivity index (χ1n) is 7.94. The highest BCUT2D eigenvalue weighted by Crippen LogP contribution is 2.18. The van der Waals surface area contributed by atoms with Crippen LogP contribution in [0.25, 0.3) is 5.82 Å². The molecule has 3 aromatic rings. The Kier molecular flexibility index (Phi) is 5.22. The summed E-state index contributed by atoms with van der Waals surface area (Å²) in [7, 11) is 0. The molecule has 10 heteroatoms. The number of rotatable bonds is 5. The molecule has 27 heavy (non-hydrogen) atoms. The van der Waals surface area contributed by atoms with E-state index in [0.717, 1.165) is 11.4 Å². The van der Waals surface area contributed by atoms with E-state index in [1.807, 2.05) is 19.9 Å². The zero-order valence-electron chi connectivity index (χ0n) is 14.8. The Balaban J connectivity index is 1.70. The second-order valence-corrected chi connectivity index (χ2v) is 6.19. The van der Waals surface area contributed by atoms with E-state index in [0.29, 0.717) is 11.6 Å². The lowest BCUT2D eigenvalue weighted by molar-refractivity contribution is -0.119. The number of hydrogen-bond donors (Lipinski definition) is 1. The topological polar surface area (TPSA) is 112 Å². The van der Waals surface area contributed by atoms with Gasteiger partial charge >= 0.3 is 5.97 Å². The van der Waals surface area contributed by atoms with Crippen LogP contribution in [-0.4, -0.2) is 38.4 Å². The minimum atomic E-state index is -0.824. The molecule has 1 amide bonds. The fourth-order valence-electron chi connectivity index (χ4n) is 2.36. The van der Waals surface area contributed by atoms with E-state index in [4.69, 9.17) is 20.9 Å². The molecule has 9 nitrogen and oxygen atoms in total. The molecule has 140 valence electrons. The minimum Gasteiger partial charge on any atom is -0.451 e. The molecular formula is C17H16ClN5O4. The number of carbonyl (C=O) groups excluding carboxylic acids is 2. The Morgan fingerprint density at radius 3 is 2.67 bits per heavy atom. The molecule has 3 aromatic heterocycles. The van der Waals surface area contributed by atoms with Crippen LogP contribution in [0.3, 0.4) is 0 Å². The lowest BCUT2D eigenvalue weighted by atomic mass is 10.3. The first-order chi connectivity index (χ1) is 12.8. The normalized spacial score (nSPS) is 10.7. The number of hydrogen-bond acceptors (Lipinski definition) is 7. The summed E-state index contributed by atoms with van der Waals surface area (Å²) >= 11 is 6.06. The van der Waals surface area contributed by atoms with Gasteiger partial charge in [-0.1, -0.05) is 16.8 Å². The number of ether oxygens (including phenoxy) is 1. The third-order valence-corrected chi connectivity index (χ3v) is 3.79. The Hall–Kier alpha value is -3.20. The van der Waals surface area contributed by atoms with E-state index < -0.39 is 18.5 Å². The zero-order chi connectivity index (χ0) is 19.6. The first-order valence-corrected chi connectivity index (χ1v) is 8.32. The maximum Gasteiger partial charge on any atom is 0.359 e. The number of carbonyl (C=O) groups is 2. The average molecular weight is 390 g/mol. The number of esters is 1. The Bertz CT molecular complexity index is 1010. The van der Waals surface area contributed by atoms with Gasteiger partial charge in [0, 0.05) is 11.8 Å². The van der Waals surface area contributed by atoms with Gasteiger partial charge in [-0.2, -0.15) is 5.10 Å². The van der Waals surface area contributed by atoms with E-state index >= 15 is 0 Å². The number of aromatic nitrogens is 4. The fraction of sp³-hybridized carbons (Fsp3) is 0.235. The van der Waals surface area contributed by atoms with Gasteiger partial charge < -0.3 is 14.6 Å². The quantitative estimate of drug-likeness (QED) is 0.667. The van der Waals surface area contributed by atoms with Gasteiger partial charge in [-0.25, -0.2) is 14.5 Å². The summed E-state index contributed by atoms with van der Waals surface area (Å²) in [5.74, 6) is -0.202. The summed E-state index contributed by atoms with van der Waals surface area (Å²) in [6.07, 6.45) is 0. The van der Waals surface area contributed by atoms with Crippen molar-refractivity contribution in [3.63, 3.8) is 0 Å². The van der Waals surface area contributed by atoms with Crippen LogP contribution in [-0.2, 0) is 9.53 Å². The van der Waals surface area contributed by atoms with Crippen LogP contribution >= 0.6 is 11.6 Å². The van der Waals surface area contributed by atoms with E-state index in [9.17, 15) is 9.59 Å². The van der Waals surface area contributed by atoms with Crippen molar-refractivity contribution in [2.75, 3.05) is 11.9 Å². The van der Waals surface area contributed by atoms with Crippen molar-refractivity contribution >= 4 is 29.3 Å². The van der Waals surface area contributed by atoms with Crippen LogP contribution in [0.2, 0.25) is 5.02 Å². The molecule has 0 atom stereocenters. The largest absolute Gasteiger partial charge is 0.451 e. The second kappa shape index (κ2) is 7.58. The SMILES string of the molecule is Cc1cc(C)n(-c2ccc(Cl)c(C(=O)OCC(=O)Nc3cc(C)on3)n2)n1. The number of anilines is 1. The molecule has 0 saturated heterocycles. The first kappa shape index (κ1) is 18.6. The number of nitrogens with zero attached hydrogens (tertiary/aromatic N) is 4. The predicted octanol–water partition coefficient (Wildman–Crippen LogP) is 2.63. The standard InChI is InChI=1S/C17H16ClN5O4/c1-9-6-10(2)23(21-9)14-5-4-12(18)16(20-14)17(25)26-8-15(24)19-13-7-11(3)27-22-13/h4-7H,8H2,1-3H3,(H,19,22,24). The predicted molar refractivity (Wildman–Crippen MR) is 96.0 cm³/mol. The molecule has 1 N–H and O–H groups in total. The highest BCUT2D eigenvalue weighted by molar-refractivity contribution is 6.33. The molecule has 0 aliphatic carbocycles.